The Balaban J connectivity index is 2.26. The van der Waals surface area contributed by atoms with E-state index in [1.165, 1.54) is 10.4 Å². The molecule has 0 aromatic carbocycles. The highest BCUT2D eigenvalue weighted by atomic mass is 32.2. The number of pyridine rings is 1. The van der Waals surface area contributed by atoms with Gasteiger partial charge in [0.25, 0.3) is 0 Å². The van der Waals surface area contributed by atoms with E-state index in [1.54, 1.807) is 0 Å². The molecule has 1 fully saturated rings. The molecule has 0 amide bonds. The summed E-state index contributed by atoms with van der Waals surface area (Å²) in [6, 6.07) is 2.39. The SMILES string of the molecule is C[C@@H]1CN(S(=O)(=O)c2ccc([N+](=O)[O-])nc2)CCN1. The fraction of sp³-hybridized carbons (Fsp3) is 0.500. The third-order valence-corrected chi connectivity index (χ3v) is 4.73. The van der Waals surface area contributed by atoms with Gasteiger partial charge in [0.2, 0.25) is 10.0 Å². The summed E-state index contributed by atoms with van der Waals surface area (Å²) in [5, 5.41) is 13.6. The van der Waals surface area contributed by atoms with Gasteiger partial charge in [-0.3, -0.25) is 0 Å². The molecule has 19 heavy (non-hydrogen) atoms. The molecule has 9 heteroatoms. The van der Waals surface area contributed by atoms with Gasteiger partial charge in [-0.2, -0.15) is 4.31 Å². The number of hydrogen-bond acceptors (Lipinski definition) is 6. The van der Waals surface area contributed by atoms with E-state index in [4.69, 9.17) is 0 Å². The first-order valence-electron chi connectivity index (χ1n) is 5.75. The van der Waals surface area contributed by atoms with Crippen molar-refractivity contribution in [1.82, 2.24) is 14.6 Å². The molecule has 1 aromatic rings. The van der Waals surface area contributed by atoms with Crippen LogP contribution in [0.2, 0.25) is 0 Å². The van der Waals surface area contributed by atoms with Crippen LogP contribution in [0.1, 0.15) is 6.92 Å². The van der Waals surface area contributed by atoms with Crippen LogP contribution in [0.15, 0.2) is 23.2 Å². The quantitative estimate of drug-likeness (QED) is 0.618. The van der Waals surface area contributed by atoms with Crippen LogP contribution in [-0.2, 0) is 10.0 Å². The van der Waals surface area contributed by atoms with Crippen LogP contribution in [0.3, 0.4) is 0 Å². The van der Waals surface area contributed by atoms with Crippen LogP contribution in [0, 0.1) is 10.1 Å². The molecule has 104 valence electrons. The Morgan fingerprint density at radius 3 is 2.79 bits per heavy atom. The Kier molecular flexibility index (Phi) is 3.78. The van der Waals surface area contributed by atoms with Gasteiger partial charge >= 0.3 is 5.82 Å². The molecular formula is C10H14N4O4S. The summed E-state index contributed by atoms with van der Waals surface area (Å²) < 4.78 is 26.0. The van der Waals surface area contributed by atoms with E-state index in [0.717, 1.165) is 12.3 Å². The molecule has 0 spiro atoms. The van der Waals surface area contributed by atoms with Crippen molar-refractivity contribution in [2.75, 3.05) is 19.6 Å². The maximum absolute atomic E-state index is 12.3. The highest BCUT2D eigenvalue weighted by Crippen LogP contribution is 2.18. The summed E-state index contributed by atoms with van der Waals surface area (Å²) in [6.45, 7) is 3.24. The van der Waals surface area contributed by atoms with Gasteiger partial charge in [0.05, 0.1) is 0 Å². The summed E-state index contributed by atoms with van der Waals surface area (Å²) >= 11 is 0. The number of piperazine rings is 1. The number of nitrogens with zero attached hydrogens (tertiary/aromatic N) is 3. The first-order valence-corrected chi connectivity index (χ1v) is 7.19. The zero-order valence-electron chi connectivity index (χ0n) is 10.3. The van der Waals surface area contributed by atoms with Gasteiger partial charge in [-0.05, 0) is 22.9 Å². The van der Waals surface area contributed by atoms with Crippen molar-refractivity contribution in [1.29, 1.82) is 0 Å². The number of sulfonamides is 1. The minimum Gasteiger partial charge on any atom is -0.358 e. The normalized spacial score (nSPS) is 21.2. The highest BCUT2D eigenvalue weighted by molar-refractivity contribution is 7.89. The van der Waals surface area contributed by atoms with Crippen molar-refractivity contribution in [2.45, 2.75) is 17.9 Å². The smallest absolute Gasteiger partial charge is 0.358 e. The van der Waals surface area contributed by atoms with Crippen LogP contribution in [0.4, 0.5) is 5.82 Å². The summed E-state index contributed by atoms with van der Waals surface area (Å²) in [5.74, 6) is -0.368. The molecule has 8 nitrogen and oxygen atoms in total. The summed E-state index contributed by atoms with van der Waals surface area (Å²) in [5.41, 5.74) is 0. The van der Waals surface area contributed by atoms with Crippen molar-refractivity contribution < 1.29 is 13.3 Å². The zero-order valence-corrected chi connectivity index (χ0v) is 11.1. The average molecular weight is 286 g/mol. The van der Waals surface area contributed by atoms with Crippen LogP contribution < -0.4 is 5.32 Å². The average Bonchev–Trinajstić information content (AvgIpc) is 2.39. The first-order chi connectivity index (χ1) is 8.91. The Labute approximate surface area is 110 Å². The van der Waals surface area contributed by atoms with Crippen molar-refractivity contribution in [3.63, 3.8) is 0 Å². The van der Waals surface area contributed by atoms with E-state index in [1.807, 2.05) is 6.92 Å². The largest absolute Gasteiger partial charge is 0.363 e. The monoisotopic (exact) mass is 286 g/mol. The Morgan fingerprint density at radius 1 is 1.53 bits per heavy atom. The molecular weight excluding hydrogens is 272 g/mol. The predicted octanol–water partition coefficient (Wildman–Crippen LogP) is -0.0278. The van der Waals surface area contributed by atoms with E-state index < -0.39 is 14.9 Å². The number of nitrogens with one attached hydrogen (secondary N) is 1. The van der Waals surface area contributed by atoms with Crippen LogP contribution in [0.5, 0.6) is 0 Å². The number of hydrogen-bond donors (Lipinski definition) is 1. The van der Waals surface area contributed by atoms with E-state index in [0.29, 0.717) is 19.6 Å². The Bertz CT molecular complexity index is 572. The zero-order chi connectivity index (χ0) is 14.0. The second-order valence-electron chi connectivity index (χ2n) is 4.33. The fourth-order valence-corrected chi connectivity index (χ4v) is 3.37. The molecule has 1 N–H and O–H groups in total. The topological polar surface area (TPSA) is 105 Å². The molecule has 1 aliphatic rings. The fourth-order valence-electron chi connectivity index (χ4n) is 1.90. The maximum Gasteiger partial charge on any atom is 0.363 e. The van der Waals surface area contributed by atoms with Crippen LogP contribution in [-0.4, -0.2) is 48.3 Å². The Hall–Kier alpha value is -1.58. The van der Waals surface area contributed by atoms with Gasteiger partial charge in [0, 0.05) is 31.7 Å². The number of rotatable bonds is 3. The third-order valence-electron chi connectivity index (χ3n) is 2.88. The van der Waals surface area contributed by atoms with Gasteiger partial charge < -0.3 is 15.4 Å². The molecule has 2 rings (SSSR count). The van der Waals surface area contributed by atoms with Crippen LogP contribution in [0.25, 0.3) is 0 Å². The lowest BCUT2D eigenvalue weighted by Gasteiger charge is -2.30. The third kappa shape index (κ3) is 2.88. The molecule has 0 radical (unpaired) electrons. The summed E-state index contributed by atoms with van der Waals surface area (Å²) in [7, 11) is -3.63. The van der Waals surface area contributed by atoms with Crippen molar-refractivity contribution in [3.05, 3.63) is 28.4 Å². The van der Waals surface area contributed by atoms with Gasteiger partial charge in [-0.25, -0.2) is 8.42 Å². The molecule has 1 saturated heterocycles. The molecule has 0 saturated carbocycles. The summed E-state index contributed by atoms with van der Waals surface area (Å²) in [6.07, 6.45) is 1.03. The van der Waals surface area contributed by atoms with E-state index in [2.05, 4.69) is 10.3 Å². The predicted molar refractivity (Wildman–Crippen MR) is 67.1 cm³/mol. The second kappa shape index (κ2) is 5.19. The molecule has 1 atom stereocenters. The highest BCUT2D eigenvalue weighted by Gasteiger charge is 2.29. The lowest BCUT2D eigenvalue weighted by atomic mass is 10.3. The lowest BCUT2D eigenvalue weighted by Crippen LogP contribution is -2.51. The molecule has 0 bridgehead atoms. The summed E-state index contributed by atoms with van der Waals surface area (Å²) in [4.78, 5) is 13.3. The molecule has 1 aromatic heterocycles. The Morgan fingerprint density at radius 2 is 2.26 bits per heavy atom. The minimum absolute atomic E-state index is 0.0211. The van der Waals surface area contributed by atoms with Gasteiger partial charge in [-0.1, -0.05) is 0 Å². The number of nitro groups is 1. The molecule has 0 aliphatic carbocycles. The van der Waals surface area contributed by atoms with E-state index >= 15 is 0 Å². The van der Waals surface area contributed by atoms with Crippen molar-refractivity contribution in [2.24, 2.45) is 0 Å². The number of aromatic nitrogens is 1. The minimum atomic E-state index is -3.63. The first kappa shape index (κ1) is 13.8. The van der Waals surface area contributed by atoms with Crippen molar-refractivity contribution in [3.8, 4) is 0 Å². The molecule has 2 heterocycles. The van der Waals surface area contributed by atoms with E-state index in [-0.39, 0.29) is 16.8 Å². The van der Waals surface area contributed by atoms with Crippen LogP contribution >= 0.6 is 0 Å². The standard InChI is InChI=1S/C10H14N4O4S/c1-8-7-13(5-4-11-8)19(17,18)9-2-3-10(12-6-9)14(15)16/h2-3,6,8,11H,4-5,7H2,1H3/t8-/m1/s1. The van der Waals surface area contributed by atoms with Gasteiger partial charge in [0.15, 0.2) is 6.20 Å². The van der Waals surface area contributed by atoms with Gasteiger partial charge in [0.1, 0.15) is 4.90 Å². The molecule has 1 aliphatic heterocycles. The lowest BCUT2D eigenvalue weighted by molar-refractivity contribution is -0.389. The van der Waals surface area contributed by atoms with Gasteiger partial charge in [-0.15, -0.1) is 0 Å². The maximum atomic E-state index is 12.3. The van der Waals surface area contributed by atoms with E-state index in [9.17, 15) is 18.5 Å². The second-order valence-corrected chi connectivity index (χ2v) is 6.27. The molecule has 0 unspecified atom stereocenters. The van der Waals surface area contributed by atoms with Crippen molar-refractivity contribution >= 4 is 15.8 Å².